The maximum Gasteiger partial charge on any atom is 0.255 e. The lowest BCUT2D eigenvalue weighted by molar-refractivity contribution is 0.102. The van der Waals surface area contributed by atoms with Crippen molar-refractivity contribution >= 4 is 22.5 Å². The molecule has 1 aliphatic heterocycles. The van der Waals surface area contributed by atoms with Gasteiger partial charge in [-0.1, -0.05) is 30.3 Å². The van der Waals surface area contributed by atoms with E-state index in [4.69, 9.17) is 0 Å². The molecule has 5 rings (SSSR count). The summed E-state index contributed by atoms with van der Waals surface area (Å²) in [5.41, 5.74) is 6.37. The van der Waals surface area contributed by atoms with Crippen LogP contribution in [0.15, 0.2) is 79.3 Å². The molecule has 0 saturated carbocycles. The number of hydrogen-bond donors (Lipinski definition) is 1. The molecule has 3 heterocycles. The normalized spacial score (nSPS) is 13.7. The van der Waals surface area contributed by atoms with Gasteiger partial charge in [-0.25, -0.2) is 0 Å². The fourth-order valence-electron chi connectivity index (χ4n) is 4.07. The molecule has 4 aromatic rings. The average molecular weight is 394 g/mol. The SMILES string of the molecule is O=C(Nc1ccc2c(c1)CN(Cc1cccc3cccnc13)CC2)c1ccncc1. The zero-order valence-electron chi connectivity index (χ0n) is 16.6. The monoisotopic (exact) mass is 394 g/mol. The van der Waals surface area contributed by atoms with Gasteiger partial charge >= 0.3 is 0 Å². The van der Waals surface area contributed by atoms with Crippen molar-refractivity contribution in [3.05, 3.63) is 102 Å². The Kier molecular flexibility index (Phi) is 4.95. The van der Waals surface area contributed by atoms with Gasteiger partial charge in [0.2, 0.25) is 0 Å². The zero-order valence-corrected chi connectivity index (χ0v) is 16.6. The van der Waals surface area contributed by atoms with Crippen LogP contribution in [-0.4, -0.2) is 27.3 Å². The van der Waals surface area contributed by atoms with Crippen molar-refractivity contribution in [1.82, 2.24) is 14.9 Å². The van der Waals surface area contributed by atoms with Crippen molar-refractivity contribution < 1.29 is 4.79 Å². The Labute approximate surface area is 175 Å². The minimum Gasteiger partial charge on any atom is -0.322 e. The third kappa shape index (κ3) is 3.80. The Balaban J connectivity index is 1.33. The summed E-state index contributed by atoms with van der Waals surface area (Å²) in [5.74, 6) is -0.119. The van der Waals surface area contributed by atoms with Crippen LogP contribution in [-0.2, 0) is 19.5 Å². The summed E-state index contributed by atoms with van der Waals surface area (Å²) < 4.78 is 0. The second-order valence-electron chi connectivity index (χ2n) is 7.63. The number of anilines is 1. The van der Waals surface area contributed by atoms with Crippen LogP contribution >= 0.6 is 0 Å². The molecule has 30 heavy (non-hydrogen) atoms. The summed E-state index contributed by atoms with van der Waals surface area (Å²) in [6, 6.07) is 20.1. The number of nitrogens with one attached hydrogen (secondary N) is 1. The summed E-state index contributed by atoms with van der Waals surface area (Å²) in [6.07, 6.45) is 6.12. The molecular weight excluding hydrogens is 372 g/mol. The molecule has 1 N–H and O–H groups in total. The molecule has 5 heteroatoms. The van der Waals surface area contributed by atoms with Crippen LogP contribution in [0.3, 0.4) is 0 Å². The summed E-state index contributed by atoms with van der Waals surface area (Å²) >= 11 is 0. The van der Waals surface area contributed by atoms with Gasteiger partial charge in [-0.15, -0.1) is 0 Å². The molecule has 0 atom stereocenters. The van der Waals surface area contributed by atoms with E-state index in [0.717, 1.165) is 37.3 Å². The first kappa shape index (κ1) is 18.5. The first-order chi connectivity index (χ1) is 14.8. The Morgan fingerprint density at radius 3 is 2.73 bits per heavy atom. The van der Waals surface area contributed by atoms with Crippen LogP contribution in [0.25, 0.3) is 10.9 Å². The highest BCUT2D eigenvalue weighted by Gasteiger charge is 2.18. The Morgan fingerprint density at radius 1 is 0.967 bits per heavy atom. The summed E-state index contributed by atoms with van der Waals surface area (Å²) in [6.45, 7) is 2.73. The molecule has 2 aromatic heterocycles. The van der Waals surface area contributed by atoms with E-state index in [-0.39, 0.29) is 5.91 Å². The first-order valence-corrected chi connectivity index (χ1v) is 10.1. The van der Waals surface area contributed by atoms with Gasteiger partial charge in [0.1, 0.15) is 0 Å². The summed E-state index contributed by atoms with van der Waals surface area (Å²) in [4.78, 5) is 23.5. The van der Waals surface area contributed by atoms with E-state index in [1.807, 2.05) is 18.3 Å². The van der Waals surface area contributed by atoms with Gasteiger partial charge in [0.05, 0.1) is 5.52 Å². The van der Waals surface area contributed by atoms with Crippen molar-refractivity contribution in [2.45, 2.75) is 19.5 Å². The standard InChI is InChI=1S/C25H22N4O/c30-25(20-8-12-26-13-9-20)28-23-7-6-18-10-14-29(17-22(18)15-23)16-21-4-1-3-19-5-2-11-27-24(19)21/h1-9,11-13,15H,10,14,16-17H2,(H,28,30). The van der Waals surface area contributed by atoms with E-state index in [2.05, 4.69) is 56.6 Å². The Hall–Kier alpha value is -3.57. The number of rotatable bonds is 4. The maximum absolute atomic E-state index is 12.5. The topological polar surface area (TPSA) is 58.1 Å². The number of pyridine rings is 2. The first-order valence-electron chi connectivity index (χ1n) is 10.1. The minimum absolute atomic E-state index is 0.119. The molecule has 1 amide bonds. The predicted molar refractivity (Wildman–Crippen MR) is 118 cm³/mol. The Bertz CT molecular complexity index is 1200. The number of benzene rings is 2. The molecule has 5 nitrogen and oxygen atoms in total. The molecular formula is C25H22N4O. The number of nitrogens with zero attached hydrogens (tertiary/aromatic N) is 3. The van der Waals surface area contributed by atoms with Crippen LogP contribution in [0.1, 0.15) is 27.0 Å². The second kappa shape index (κ2) is 8.05. The van der Waals surface area contributed by atoms with E-state index in [1.54, 1.807) is 24.5 Å². The number of aromatic nitrogens is 2. The van der Waals surface area contributed by atoms with E-state index in [1.165, 1.54) is 22.1 Å². The van der Waals surface area contributed by atoms with E-state index in [9.17, 15) is 4.79 Å². The zero-order chi connectivity index (χ0) is 20.3. The van der Waals surface area contributed by atoms with Crippen LogP contribution in [0.2, 0.25) is 0 Å². The third-order valence-electron chi connectivity index (χ3n) is 5.61. The molecule has 1 aliphatic rings. The molecule has 2 aromatic carbocycles. The fourth-order valence-corrected chi connectivity index (χ4v) is 4.07. The molecule has 0 aliphatic carbocycles. The fraction of sp³-hybridized carbons (Fsp3) is 0.160. The predicted octanol–water partition coefficient (Wildman–Crippen LogP) is 4.44. The smallest absolute Gasteiger partial charge is 0.255 e. The van der Waals surface area contributed by atoms with Gasteiger partial charge in [0.15, 0.2) is 0 Å². The number of para-hydroxylation sites is 1. The lowest BCUT2D eigenvalue weighted by atomic mass is 9.98. The Morgan fingerprint density at radius 2 is 1.83 bits per heavy atom. The molecule has 0 saturated heterocycles. The number of fused-ring (bicyclic) bond motifs is 2. The summed E-state index contributed by atoms with van der Waals surface area (Å²) in [7, 11) is 0. The minimum atomic E-state index is -0.119. The van der Waals surface area contributed by atoms with Crippen molar-refractivity contribution in [2.24, 2.45) is 0 Å². The van der Waals surface area contributed by atoms with Crippen LogP contribution < -0.4 is 5.32 Å². The largest absolute Gasteiger partial charge is 0.322 e. The molecule has 0 spiro atoms. The molecule has 0 unspecified atom stereocenters. The van der Waals surface area contributed by atoms with Gasteiger partial charge < -0.3 is 5.32 Å². The summed E-state index contributed by atoms with van der Waals surface area (Å²) in [5, 5.41) is 4.18. The quantitative estimate of drug-likeness (QED) is 0.556. The van der Waals surface area contributed by atoms with Crippen molar-refractivity contribution in [1.29, 1.82) is 0 Å². The number of carbonyl (C=O) groups is 1. The van der Waals surface area contributed by atoms with Gasteiger partial charge in [-0.3, -0.25) is 19.7 Å². The number of hydrogen-bond acceptors (Lipinski definition) is 4. The number of amides is 1. The van der Waals surface area contributed by atoms with Gasteiger partial charge in [-0.2, -0.15) is 0 Å². The number of carbonyl (C=O) groups excluding carboxylic acids is 1. The van der Waals surface area contributed by atoms with Crippen molar-refractivity contribution in [3.8, 4) is 0 Å². The van der Waals surface area contributed by atoms with Crippen LogP contribution in [0.4, 0.5) is 5.69 Å². The molecule has 0 bridgehead atoms. The highest BCUT2D eigenvalue weighted by atomic mass is 16.1. The van der Waals surface area contributed by atoms with E-state index in [0.29, 0.717) is 5.56 Å². The van der Waals surface area contributed by atoms with Crippen LogP contribution in [0.5, 0.6) is 0 Å². The van der Waals surface area contributed by atoms with Crippen LogP contribution in [0, 0.1) is 0 Å². The average Bonchev–Trinajstić information content (AvgIpc) is 2.80. The second-order valence-corrected chi connectivity index (χ2v) is 7.63. The van der Waals surface area contributed by atoms with Crippen molar-refractivity contribution in [3.63, 3.8) is 0 Å². The maximum atomic E-state index is 12.5. The van der Waals surface area contributed by atoms with E-state index < -0.39 is 0 Å². The lowest BCUT2D eigenvalue weighted by Gasteiger charge is -2.29. The lowest BCUT2D eigenvalue weighted by Crippen LogP contribution is -2.30. The van der Waals surface area contributed by atoms with E-state index >= 15 is 0 Å². The molecule has 0 fully saturated rings. The van der Waals surface area contributed by atoms with Gasteiger partial charge in [0.25, 0.3) is 5.91 Å². The van der Waals surface area contributed by atoms with Gasteiger partial charge in [-0.05, 0) is 53.4 Å². The molecule has 0 radical (unpaired) electrons. The van der Waals surface area contributed by atoms with Crippen molar-refractivity contribution in [2.75, 3.05) is 11.9 Å². The van der Waals surface area contributed by atoms with Gasteiger partial charge in [0, 0.05) is 54.9 Å². The molecule has 148 valence electrons. The highest BCUT2D eigenvalue weighted by molar-refractivity contribution is 6.04. The highest BCUT2D eigenvalue weighted by Crippen LogP contribution is 2.25. The third-order valence-corrected chi connectivity index (χ3v) is 5.61.